The number of hydrogen-bond donors (Lipinski definition) is 0. The number of esters is 1. The zero-order valence-corrected chi connectivity index (χ0v) is 13.5. The Kier molecular flexibility index (Phi) is 3.73. The number of fused-ring (bicyclic) bond motifs is 2. The Hall–Kier alpha value is -3.13. The van der Waals surface area contributed by atoms with Gasteiger partial charge in [-0.25, -0.2) is 9.18 Å². The molecule has 4 rings (SSSR count). The Bertz CT molecular complexity index is 1170. The number of ether oxygens (including phenoxy) is 1. The maximum atomic E-state index is 13.2. The number of aromatic nitrogens is 3. The number of hydrogen-bond acceptors (Lipinski definition) is 6. The van der Waals surface area contributed by atoms with Gasteiger partial charge < -0.3 is 4.74 Å². The largest absolute Gasteiger partial charge is 0.438 e. The van der Waals surface area contributed by atoms with Crippen LogP contribution in [0, 0.1) is 5.82 Å². The number of carbonyl (C=O) groups is 1. The quantitative estimate of drug-likeness (QED) is 0.528. The van der Waals surface area contributed by atoms with Crippen LogP contribution < -0.4 is 5.56 Å². The summed E-state index contributed by atoms with van der Waals surface area (Å²) in [5, 5.41) is 8.70. The molecule has 0 saturated carbocycles. The number of benzene rings is 2. The summed E-state index contributed by atoms with van der Waals surface area (Å²) in [5.74, 6) is -0.980. The Balaban J connectivity index is 1.57. The van der Waals surface area contributed by atoms with Gasteiger partial charge in [-0.15, -0.1) is 16.4 Å². The van der Waals surface area contributed by atoms with Crippen molar-refractivity contribution in [1.82, 2.24) is 15.0 Å². The van der Waals surface area contributed by atoms with Crippen LogP contribution in [0.15, 0.2) is 53.3 Å². The molecule has 0 aliphatic rings. The molecule has 0 N–H and O–H groups in total. The summed E-state index contributed by atoms with van der Waals surface area (Å²) >= 11 is 1.19. The summed E-state index contributed by atoms with van der Waals surface area (Å²) in [6.07, 6.45) is 0. The zero-order valence-electron chi connectivity index (χ0n) is 12.7. The van der Waals surface area contributed by atoms with Crippen molar-refractivity contribution in [3.63, 3.8) is 0 Å². The van der Waals surface area contributed by atoms with Crippen LogP contribution in [0.5, 0.6) is 0 Å². The van der Waals surface area contributed by atoms with Crippen molar-refractivity contribution >= 4 is 38.3 Å². The highest BCUT2D eigenvalue weighted by atomic mass is 32.1. The molecule has 2 heterocycles. The topological polar surface area (TPSA) is 74.1 Å². The predicted octanol–water partition coefficient (Wildman–Crippen LogP) is 2.96. The molecule has 0 bridgehead atoms. The summed E-state index contributed by atoms with van der Waals surface area (Å²) in [6.45, 7) is -0.349. The van der Waals surface area contributed by atoms with E-state index in [0.717, 1.165) is 9.38 Å². The van der Waals surface area contributed by atoms with E-state index in [0.29, 0.717) is 21.2 Å². The van der Waals surface area contributed by atoms with Gasteiger partial charge in [0.15, 0.2) is 6.73 Å². The average molecular weight is 355 g/mol. The molecule has 0 radical (unpaired) electrons. The molecule has 0 aliphatic carbocycles. The van der Waals surface area contributed by atoms with Crippen LogP contribution in [0.3, 0.4) is 0 Å². The fourth-order valence-electron chi connectivity index (χ4n) is 2.41. The smallest absolute Gasteiger partial charge is 0.350 e. The number of carbonyl (C=O) groups excluding carboxylic acids is 1. The minimum absolute atomic E-state index is 0.322. The Morgan fingerprint density at radius 2 is 2.04 bits per heavy atom. The highest BCUT2D eigenvalue weighted by Crippen LogP contribution is 2.26. The van der Waals surface area contributed by atoms with E-state index in [-0.39, 0.29) is 12.5 Å². The van der Waals surface area contributed by atoms with Gasteiger partial charge in [-0.2, -0.15) is 4.68 Å². The van der Waals surface area contributed by atoms with Crippen molar-refractivity contribution in [3.05, 3.63) is 69.6 Å². The molecule has 0 saturated heterocycles. The average Bonchev–Trinajstić information content (AvgIpc) is 3.04. The van der Waals surface area contributed by atoms with E-state index in [1.807, 2.05) is 0 Å². The van der Waals surface area contributed by atoms with Crippen LogP contribution in [0.2, 0.25) is 0 Å². The molecule has 4 aromatic rings. The van der Waals surface area contributed by atoms with Crippen molar-refractivity contribution in [2.24, 2.45) is 0 Å². The van der Waals surface area contributed by atoms with Crippen molar-refractivity contribution in [2.45, 2.75) is 6.73 Å². The molecule has 0 amide bonds. The van der Waals surface area contributed by atoms with Crippen LogP contribution >= 0.6 is 11.3 Å². The zero-order chi connectivity index (χ0) is 17.4. The van der Waals surface area contributed by atoms with E-state index in [4.69, 9.17) is 4.74 Å². The van der Waals surface area contributed by atoms with Crippen molar-refractivity contribution in [3.8, 4) is 0 Å². The third-order valence-electron chi connectivity index (χ3n) is 3.63. The predicted molar refractivity (Wildman–Crippen MR) is 91.0 cm³/mol. The first-order valence-corrected chi connectivity index (χ1v) is 8.12. The van der Waals surface area contributed by atoms with Gasteiger partial charge in [-0.1, -0.05) is 17.3 Å². The molecular weight excluding hydrogens is 345 g/mol. The van der Waals surface area contributed by atoms with Gasteiger partial charge in [-0.05, 0) is 41.8 Å². The van der Waals surface area contributed by atoms with E-state index >= 15 is 0 Å². The normalized spacial score (nSPS) is 11.1. The third kappa shape index (κ3) is 2.87. The summed E-state index contributed by atoms with van der Waals surface area (Å²) in [6, 6.07) is 12.6. The number of thiophene rings is 1. The lowest BCUT2D eigenvalue weighted by molar-refractivity contribution is 0.0342. The van der Waals surface area contributed by atoms with Gasteiger partial charge in [0.1, 0.15) is 16.2 Å². The molecule has 0 aliphatic heterocycles. The Morgan fingerprint density at radius 1 is 1.20 bits per heavy atom. The lowest BCUT2D eigenvalue weighted by Gasteiger charge is -2.05. The minimum Gasteiger partial charge on any atom is -0.438 e. The molecule has 8 heteroatoms. The first-order chi connectivity index (χ1) is 12.1. The third-order valence-corrected chi connectivity index (χ3v) is 4.72. The number of halogens is 1. The maximum absolute atomic E-state index is 13.2. The van der Waals surface area contributed by atoms with E-state index in [1.165, 1.54) is 23.5 Å². The SMILES string of the molecule is O=C(OCn1nnc2ccccc2c1=O)c1cc2cc(F)ccc2s1. The molecule has 0 spiro atoms. The molecule has 0 unspecified atom stereocenters. The monoisotopic (exact) mass is 355 g/mol. The molecule has 124 valence electrons. The first kappa shape index (κ1) is 15.4. The van der Waals surface area contributed by atoms with Gasteiger partial charge in [0.05, 0.1) is 5.39 Å². The lowest BCUT2D eigenvalue weighted by atomic mass is 10.2. The van der Waals surface area contributed by atoms with Crippen molar-refractivity contribution in [2.75, 3.05) is 0 Å². The fourth-order valence-corrected chi connectivity index (χ4v) is 3.35. The van der Waals surface area contributed by atoms with Crippen molar-refractivity contribution in [1.29, 1.82) is 0 Å². The minimum atomic E-state index is -0.608. The molecule has 2 aromatic carbocycles. The van der Waals surface area contributed by atoms with Gasteiger partial charge in [-0.3, -0.25) is 4.79 Å². The van der Waals surface area contributed by atoms with Gasteiger partial charge in [0, 0.05) is 4.70 Å². The molecule has 2 aromatic heterocycles. The van der Waals surface area contributed by atoms with E-state index in [2.05, 4.69) is 10.3 Å². The summed E-state index contributed by atoms with van der Waals surface area (Å²) in [5.41, 5.74) is 0.0819. The van der Waals surface area contributed by atoms with Crippen LogP contribution in [0.25, 0.3) is 21.0 Å². The Labute approximate surface area is 144 Å². The first-order valence-electron chi connectivity index (χ1n) is 7.30. The van der Waals surface area contributed by atoms with Crippen LogP contribution in [-0.4, -0.2) is 21.0 Å². The number of nitrogens with zero attached hydrogens (tertiary/aromatic N) is 3. The van der Waals surface area contributed by atoms with Crippen LogP contribution in [-0.2, 0) is 11.5 Å². The van der Waals surface area contributed by atoms with Gasteiger partial charge in [0.2, 0.25) is 0 Å². The van der Waals surface area contributed by atoms with E-state index in [1.54, 1.807) is 36.4 Å². The molecule has 25 heavy (non-hydrogen) atoms. The summed E-state index contributed by atoms with van der Waals surface area (Å²) in [4.78, 5) is 24.8. The van der Waals surface area contributed by atoms with Crippen LogP contribution in [0.4, 0.5) is 4.39 Å². The van der Waals surface area contributed by atoms with Crippen LogP contribution in [0.1, 0.15) is 9.67 Å². The second-order valence-corrected chi connectivity index (χ2v) is 6.35. The standard InChI is InChI=1S/C17H10FN3O3S/c18-11-5-6-14-10(7-11)8-15(25-14)17(23)24-9-21-16(22)12-3-1-2-4-13(12)19-20-21/h1-8H,9H2. The molecule has 0 atom stereocenters. The second-order valence-electron chi connectivity index (χ2n) is 5.26. The molecule has 0 fully saturated rings. The second kappa shape index (κ2) is 6.06. The summed E-state index contributed by atoms with van der Waals surface area (Å²) in [7, 11) is 0. The fraction of sp³-hybridized carbons (Fsp3) is 0.0588. The number of rotatable bonds is 3. The Morgan fingerprint density at radius 3 is 2.92 bits per heavy atom. The van der Waals surface area contributed by atoms with Crippen molar-refractivity contribution < 1.29 is 13.9 Å². The summed E-state index contributed by atoms with van der Waals surface area (Å²) < 4.78 is 20.1. The highest BCUT2D eigenvalue weighted by Gasteiger charge is 2.13. The van der Waals surface area contributed by atoms with E-state index < -0.39 is 11.5 Å². The van der Waals surface area contributed by atoms with Gasteiger partial charge in [0.25, 0.3) is 5.56 Å². The lowest BCUT2D eigenvalue weighted by Crippen LogP contribution is -2.26. The van der Waals surface area contributed by atoms with E-state index in [9.17, 15) is 14.0 Å². The maximum Gasteiger partial charge on any atom is 0.350 e. The molecule has 6 nitrogen and oxygen atoms in total. The highest BCUT2D eigenvalue weighted by molar-refractivity contribution is 7.20. The van der Waals surface area contributed by atoms with Gasteiger partial charge >= 0.3 is 5.97 Å². The molecular formula is C17H10FN3O3S.